The molecular formula is C15H25ClN2O2. The van der Waals surface area contributed by atoms with Crippen LogP contribution in [0.3, 0.4) is 0 Å². The van der Waals surface area contributed by atoms with E-state index in [1.54, 1.807) is 7.11 Å². The zero-order chi connectivity index (χ0) is 13.5. The molecule has 1 aromatic rings. The highest BCUT2D eigenvalue weighted by atomic mass is 35.5. The maximum absolute atomic E-state index is 5.79. The number of para-hydroxylation sites is 2. The third-order valence-corrected chi connectivity index (χ3v) is 3.77. The number of hydrogen-bond donors (Lipinski definition) is 1. The van der Waals surface area contributed by atoms with Gasteiger partial charge >= 0.3 is 0 Å². The van der Waals surface area contributed by atoms with Gasteiger partial charge in [-0.3, -0.25) is 4.90 Å². The number of hydrogen-bond acceptors (Lipinski definition) is 4. The molecule has 20 heavy (non-hydrogen) atoms. The highest BCUT2D eigenvalue weighted by Gasteiger charge is 2.17. The number of nitrogens with two attached hydrogens (primary N) is 1. The Kier molecular flexibility index (Phi) is 7.73. The van der Waals surface area contributed by atoms with Crippen molar-refractivity contribution < 1.29 is 9.47 Å². The van der Waals surface area contributed by atoms with E-state index in [1.807, 2.05) is 24.3 Å². The van der Waals surface area contributed by atoms with Crippen molar-refractivity contribution in [2.24, 2.45) is 11.7 Å². The van der Waals surface area contributed by atoms with E-state index in [0.29, 0.717) is 12.5 Å². The molecule has 0 aromatic heterocycles. The van der Waals surface area contributed by atoms with Gasteiger partial charge in [-0.25, -0.2) is 0 Å². The molecule has 0 atom stereocenters. The normalized spacial score (nSPS) is 16.5. The van der Waals surface area contributed by atoms with Crippen LogP contribution in [0, 0.1) is 5.92 Å². The minimum Gasteiger partial charge on any atom is -0.493 e. The summed E-state index contributed by atoms with van der Waals surface area (Å²) in [5.41, 5.74) is 5.70. The Labute approximate surface area is 127 Å². The van der Waals surface area contributed by atoms with Crippen LogP contribution in [0.25, 0.3) is 0 Å². The summed E-state index contributed by atoms with van der Waals surface area (Å²) in [6.45, 7) is 4.77. The zero-order valence-electron chi connectivity index (χ0n) is 12.1. The van der Waals surface area contributed by atoms with Crippen LogP contribution in [-0.4, -0.2) is 44.8 Å². The van der Waals surface area contributed by atoms with E-state index in [0.717, 1.165) is 37.7 Å². The zero-order valence-corrected chi connectivity index (χ0v) is 12.9. The summed E-state index contributed by atoms with van der Waals surface area (Å²) in [5.74, 6) is 2.33. The molecule has 114 valence electrons. The maximum atomic E-state index is 5.79. The predicted molar refractivity (Wildman–Crippen MR) is 84.0 cm³/mol. The van der Waals surface area contributed by atoms with Crippen molar-refractivity contribution >= 4 is 12.4 Å². The Balaban J connectivity index is 0.00000200. The SMILES string of the molecule is COc1ccccc1OCCN1CCC(CN)CC1.Cl. The number of ether oxygens (including phenoxy) is 2. The summed E-state index contributed by atoms with van der Waals surface area (Å²) in [4.78, 5) is 2.45. The summed E-state index contributed by atoms with van der Waals surface area (Å²) in [6.07, 6.45) is 2.43. The van der Waals surface area contributed by atoms with E-state index < -0.39 is 0 Å². The number of rotatable bonds is 6. The van der Waals surface area contributed by atoms with Crippen molar-refractivity contribution in [2.75, 3.05) is 39.9 Å². The van der Waals surface area contributed by atoms with Crippen LogP contribution in [0.5, 0.6) is 11.5 Å². The maximum Gasteiger partial charge on any atom is 0.161 e. The van der Waals surface area contributed by atoms with E-state index in [-0.39, 0.29) is 12.4 Å². The fourth-order valence-electron chi connectivity index (χ4n) is 2.47. The van der Waals surface area contributed by atoms with Gasteiger partial charge in [0.25, 0.3) is 0 Å². The van der Waals surface area contributed by atoms with Crippen molar-refractivity contribution in [3.05, 3.63) is 24.3 Å². The lowest BCUT2D eigenvalue weighted by atomic mass is 9.97. The molecule has 0 amide bonds. The number of nitrogens with zero attached hydrogens (tertiary/aromatic N) is 1. The summed E-state index contributed by atoms with van der Waals surface area (Å²) >= 11 is 0. The van der Waals surface area contributed by atoms with Gasteiger partial charge < -0.3 is 15.2 Å². The first-order valence-corrected chi connectivity index (χ1v) is 7.01. The third-order valence-electron chi connectivity index (χ3n) is 3.77. The first-order valence-electron chi connectivity index (χ1n) is 7.01. The quantitative estimate of drug-likeness (QED) is 0.875. The average Bonchev–Trinajstić information content (AvgIpc) is 2.48. The van der Waals surface area contributed by atoms with E-state index >= 15 is 0 Å². The van der Waals surface area contributed by atoms with E-state index in [1.165, 1.54) is 12.8 Å². The van der Waals surface area contributed by atoms with Crippen molar-refractivity contribution in [2.45, 2.75) is 12.8 Å². The monoisotopic (exact) mass is 300 g/mol. The van der Waals surface area contributed by atoms with Gasteiger partial charge in [0.1, 0.15) is 6.61 Å². The van der Waals surface area contributed by atoms with Crippen molar-refractivity contribution in [1.29, 1.82) is 0 Å². The molecule has 1 heterocycles. The Morgan fingerprint density at radius 1 is 1.20 bits per heavy atom. The number of methoxy groups -OCH3 is 1. The fraction of sp³-hybridized carbons (Fsp3) is 0.600. The summed E-state index contributed by atoms with van der Waals surface area (Å²) in [6, 6.07) is 7.77. The molecule has 1 fully saturated rings. The van der Waals surface area contributed by atoms with Crippen molar-refractivity contribution in [1.82, 2.24) is 4.90 Å². The molecule has 2 rings (SSSR count). The minimum absolute atomic E-state index is 0. The topological polar surface area (TPSA) is 47.7 Å². The summed E-state index contributed by atoms with van der Waals surface area (Å²) in [7, 11) is 1.67. The second-order valence-corrected chi connectivity index (χ2v) is 5.02. The smallest absolute Gasteiger partial charge is 0.161 e. The second kappa shape index (κ2) is 9.06. The summed E-state index contributed by atoms with van der Waals surface area (Å²) < 4.78 is 11.1. The molecule has 0 aliphatic carbocycles. The molecule has 0 unspecified atom stereocenters. The van der Waals surface area contributed by atoms with Gasteiger partial charge in [-0.15, -0.1) is 12.4 Å². The fourth-order valence-corrected chi connectivity index (χ4v) is 2.47. The van der Waals surface area contributed by atoms with Crippen LogP contribution in [-0.2, 0) is 0 Å². The molecule has 1 aromatic carbocycles. The highest BCUT2D eigenvalue weighted by Crippen LogP contribution is 2.25. The van der Waals surface area contributed by atoms with Gasteiger partial charge in [0.2, 0.25) is 0 Å². The van der Waals surface area contributed by atoms with Crippen molar-refractivity contribution in [3.63, 3.8) is 0 Å². The lowest BCUT2D eigenvalue weighted by Gasteiger charge is -2.31. The molecule has 1 aliphatic heterocycles. The Morgan fingerprint density at radius 2 is 1.85 bits per heavy atom. The van der Waals surface area contributed by atoms with Gasteiger partial charge in [-0.1, -0.05) is 12.1 Å². The molecular weight excluding hydrogens is 276 g/mol. The molecule has 0 spiro atoms. The molecule has 2 N–H and O–H groups in total. The van der Waals surface area contributed by atoms with Gasteiger partial charge in [-0.05, 0) is 50.5 Å². The predicted octanol–water partition coefficient (Wildman–Crippen LogP) is 2.17. The molecule has 1 aliphatic rings. The molecule has 1 saturated heterocycles. The van der Waals surface area contributed by atoms with Crippen LogP contribution < -0.4 is 15.2 Å². The van der Waals surface area contributed by atoms with Crippen LogP contribution in [0.4, 0.5) is 0 Å². The van der Waals surface area contributed by atoms with Crippen LogP contribution in [0.2, 0.25) is 0 Å². The Morgan fingerprint density at radius 3 is 2.45 bits per heavy atom. The van der Waals surface area contributed by atoms with Gasteiger partial charge in [-0.2, -0.15) is 0 Å². The number of likely N-dealkylation sites (tertiary alicyclic amines) is 1. The van der Waals surface area contributed by atoms with Crippen molar-refractivity contribution in [3.8, 4) is 11.5 Å². The van der Waals surface area contributed by atoms with E-state index in [2.05, 4.69) is 4.90 Å². The Bertz CT molecular complexity index is 382. The number of piperidine rings is 1. The molecule has 5 heteroatoms. The third kappa shape index (κ3) is 4.85. The summed E-state index contributed by atoms with van der Waals surface area (Å²) in [5, 5.41) is 0. The largest absolute Gasteiger partial charge is 0.493 e. The first-order chi connectivity index (χ1) is 9.33. The number of halogens is 1. The lowest BCUT2D eigenvalue weighted by molar-refractivity contribution is 0.155. The molecule has 4 nitrogen and oxygen atoms in total. The lowest BCUT2D eigenvalue weighted by Crippen LogP contribution is -2.38. The second-order valence-electron chi connectivity index (χ2n) is 5.02. The minimum atomic E-state index is 0. The highest BCUT2D eigenvalue weighted by molar-refractivity contribution is 5.85. The van der Waals surface area contributed by atoms with Gasteiger partial charge in [0.05, 0.1) is 7.11 Å². The van der Waals surface area contributed by atoms with Crippen LogP contribution in [0.15, 0.2) is 24.3 Å². The number of benzene rings is 1. The van der Waals surface area contributed by atoms with E-state index in [4.69, 9.17) is 15.2 Å². The van der Waals surface area contributed by atoms with Gasteiger partial charge in [0.15, 0.2) is 11.5 Å². The Hall–Kier alpha value is -0.970. The van der Waals surface area contributed by atoms with Gasteiger partial charge in [0, 0.05) is 6.54 Å². The molecule has 0 radical (unpaired) electrons. The first kappa shape index (κ1) is 17.1. The molecule has 0 saturated carbocycles. The molecule has 0 bridgehead atoms. The van der Waals surface area contributed by atoms with Crippen LogP contribution >= 0.6 is 12.4 Å². The standard InChI is InChI=1S/C15H24N2O2.ClH/c1-18-14-4-2-3-5-15(14)19-11-10-17-8-6-13(12-16)7-9-17;/h2-5,13H,6-12,16H2,1H3;1H. The van der Waals surface area contributed by atoms with Crippen LogP contribution in [0.1, 0.15) is 12.8 Å². The average molecular weight is 301 g/mol. The van der Waals surface area contributed by atoms with E-state index in [9.17, 15) is 0 Å².